The molecular weight excluding hydrogens is 502 g/mol. The van der Waals surface area contributed by atoms with Crippen LogP contribution in [0.25, 0.3) is 0 Å². The second-order valence-corrected chi connectivity index (χ2v) is 8.42. The van der Waals surface area contributed by atoms with Crippen molar-refractivity contribution in [2.24, 2.45) is 0 Å². The second-order valence-electron chi connectivity index (χ2n) is 6.75. The first-order valence-electron chi connectivity index (χ1n) is 9.98. The van der Waals surface area contributed by atoms with E-state index in [2.05, 4.69) is 38.8 Å². The van der Waals surface area contributed by atoms with E-state index in [1.165, 1.54) is 0 Å². The lowest BCUT2D eigenvalue weighted by Gasteiger charge is -2.13. The van der Waals surface area contributed by atoms with E-state index in [1.54, 1.807) is 36.4 Å². The summed E-state index contributed by atoms with van der Waals surface area (Å²) >= 11 is 14.9. The van der Waals surface area contributed by atoms with Crippen molar-refractivity contribution in [3.63, 3.8) is 0 Å². The van der Waals surface area contributed by atoms with Gasteiger partial charge in [-0.15, -0.1) is 0 Å². The van der Waals surface area contributed by atoms with Crippen molar-refractivity contribution in [3.8, 4) is 5.75 Å². The molecule has 6 nitrogen and oxygen atoms in total. The lowest BCUT2D eigenvalue weighted by atomic mass is 10.2. The van der Waals surface area contributed by atoms with Crippen molar-refractivity contribution < 1.29 is 14.3 Å². The van der Waals surface area contributed by atoms with Gasteiger partial charge in [-0.2, -0.15) is 0 Å². The van der Waals surface area contributed by atoms with Crippen LogP contribution < -0.4 is 20.7 Å². The average Bonchev–Trinajstić information content (AvgIpc) is 2.72. The zero-order chi connectivity index (χ0) is 22.8. The number of halogens is 2. The molecule has 9 heteroatoms. The smallest absolute Gasteiger partial charge is 0.257 e. The van der Waals surface area contributed by atoms with Crippen LogP contribution in [0.5, 0.6) is 5.75 Å². The van der Waals surface area contributed by atoms with Gasteiger partial charge in [-0.25, -0.2) is 0 Å². The van der Waals surface area contributed by atoms with Crippen LogP contribution in [0.2, 0.25) is 5.02 Å². The number of benzene rings is 2. The van der Waals surface area contributed by atoms with Crippen LogP contribution in [0, 0.1) is 0 Å². The predicted octanol–water partition coefficient (Wildman–Crippen LogP) is 6.15. The van der Waals surface area contributed by atoms with Crippen LogP contribution in [0.3, 0.4) is 0 Å². The van der Waals surface area contributed by atoms with E-state index in [0.717, 1.165) is 19.3 Å². The molecule has 0 unspecified atom stereocenters. The minimum atomic E-state index is -0.373. The zero-order valence-electron chi connectivity index (χ0n) is 17.4. The van der Waals surface area contributed by atoms with E-state index in [1.807, 2.05) is 6.92 Å². The molecule has 0 atom stereocenters. The standard InChI is InChI=1S/C22H25BrClN3O3S/c1-3-5-11-30-19-10-7-14(12-16(19)23)21(29)27-22(31)26-18-13-15(8-9-17(18)24)25-20(28)6-4-2/h7-10,12-13H,3-6,11H2,1-2H3,(H,25,28)(H2,26,27,29,31). The monoisotopic (exact) mass is 525 g/mol. The number of carbonyl (C=O) groups is 2. The van der Waals surface area contributed by atoms with Gasteiger partial charge >= 0.3 is 0 Å². The molecule has 2 aromatic rings. The van der Waals surface area contributed by atoms with Crippen LogP contribution in [-0.2, 0) is 4.79 Å². The molecule has 0 aliphatic carbocycles. The summed E-state index contributed by atoms with van der Waals surface area (Å²) in [4.78, 5) is 24.3. The van der Waals surface area contributed by atoms with Gasteiger partial charge in [-0.1, -0.05) is 31.9 Å². The van der Waals surface area contributed by atoms with Gasteiger partial charge in [-0.05, 0) is 77.4 Å². The van der Waals surface area contributed by atoms with E-state index in [4.69, 9.17) is 28.6 Å². The molecule has 0 aliphatic heterocycles. The first kappa shape index (κ1) is 25.1. The van der Waals surface area contributed by atoms with E-state index < -0.39 is 0 Å². The molecule has 3 N–H and O–H groups in total. The Bertz CT molecular complexity index is 956. The number of nitrogens with one attached hydrogen (secondary N) is 3. The maximum absolute atomic E-state index is 12.5. The number of thiocarbonyl (C=S) groups is 1. The Balaban J connectivity index is 2.00. The first-order chi connectivity index (χ1) is 14.8. The second kappa shape index (κ2) is 12.6. The Hall–Kier alpha value is -2.16. The number of hydrogen-bond donors (Lipinski definition) is 3. The Morgan fingerprint density at radius 2 is 1.87 bits per heavy atom. The quantitative estimate of drug-likeness (QED) is 0.270. The summed E-state index contributed by atoms with van der Waals surface area (Å²) in [6.45, 7) is 4.64. The number of rotatable bonds is 9. The highest BCUT2D eigenvalue weighted by Gasteiger charge is 2.12. The highest BCUT2D eigenvalue weighted by molar-refractivity contribution is 9.10. The summed E-state index contributed by atoms with van der Waals surface area (Å²) in [5.74, 6) is 0.223. The van der Waals surface area contributed by atoms with Gasteiger partial charge in [0.1, 0.15) is 5.75 Å². The first-order valence-corrected chi connectivity index (χ1v) is 11.6. The van der Waals surface area contributed by atoms with Crippen molar-refractivity contribution in [2.45, 2.75) is 39.5 Å². The van der Waals surface area contributed by atoms with Crippen molar-refractivity contribution >= 4 is 68.1 Å². The lowest BCUT2D eigenvalue weighted by Crippen LogP contribution is -2.34. The number of unbranched alkanes of at least 4 members (excludes halogenated alkanes) is 1. The van der Waals surface area contributed by atoms with Crippen molar-refractivity contribution in [2.75, 3.05) is 17.2 Å². The molecule has 0 saturated heterocycles. The van der Waals surface area contributed by atoms with E-state index in [9.17, 15) is 9.59 Å². The molecule has 0 bridgehead atoms. The molecule has 0 fully saturated rings. The van der Waals surface area contributed by atoms with E-state index in [-0.39, 0.29) is 16.9 Å². The third-order valence-corrected chi connectivity index (χ3v) is 5.31. The highest BCUT2D eigenvalue weighted by Crippen LogP contribution is 2.27. The van der Waals surface area contributed by atoms with Gasteiger partial charge in [0.2, 0.25) is 5.91 Å². The Labute approximate surface area is 201 Å². The van der Waals surface area contributed by atoms with Gasteiger partial charge in [0.25, 0.3) is 5.91 Å². The van der Waals surface area contributed by atoms with Crippen LogP contribution in [0.15, 0.2) is 40.9 Å². The maximum atomic E-state index is 12.5. The van der Waals surface area contributed by atoms with Gasteiger partial charge in [0, 0.05) is 17.7 Å². The van der Waals surface area contributed by atoms with Crippen LogP contribution in [0.4, 0.5) is 11.4 Å². The molecule has 0 heterocycles. The minimum absolute atomic E-state index is 0.0839. The lowest BCUT2D eigenvalue weighted by molar-refractivity contribution is -0.116. The number of anilines is 2. The molecule has 2 amide bonds. The Morgan fingerprint density at radius 3 is 2.55 bits per heavy atom. The highest BCUT2D eigenvalue weighted by atomic mass is 79.9. The fourth-order valence-corrected chi connectivity index (χ4v) is 3.42. The third-order valence-electron chi connectivity index (χ3n) is 4.15. The SMILES string of the molecule is CCCCOc1ccc(C(=O)NC(=S)Nc2cc(NC(=O)CCC)ccc2Cl)cc1Br. The molecule has 2 rings (SSSR count). The van der Waals surface area contributed by atoms with Gasteiger partial charge in [0.05, 0.1) is 21.8 Å². The maximum Gasteiger partial charge on any atom is 0.257 e. The minimum Gasteiger partial charge on any atom is -0.492 e. The van der Waals surface area contributed by atoms with Crippen LogP contribution >= 0.6 is 39.7 Å². The van der Waals surface area contributed by atoms with E-state index >= 15 is 0 Å². The molecule has 31 heavy (non-hydrogen) atoms. The summed E-state index contributed by atoms with van der Waals surface area (Å²) in [5.41, 5.74) is 1.48. The van der Waals surface area contributed by atoms with Crippen molar-refractivity contribution in [1.82, 2.24) is 5.32 Å². The summed E-state index contributed by atoms with van der Waals surface area (Å²) in [6, 6.07) is 10.1. The zero-order valence-corrected chi connectivity index (χ0v) is 20.5. The molecule has 2 aromatic carbocycles. The van der Waals surface area contributed by atoms with Gasteiger partial charge < -0.3 is 15.4 Å². The van der Waals surface area contributed by atoms with Crippen molar-refractivity contribution in [3.05, 3.63) is 51.5 Å². The van der Waals surface area contributed by atoms with Crippen molar-refractivity contribution in [1.29, 1.82) is 0 Å². The molecule has 0 saturated carbocycles. The topological polar surface area (TPSA) is 79.5 Å². The summed E-state index contributed by atoms with van der Waals surface area (Å²) in [7, 11) is 0. The third kappa shape index (κ3) is 8.12. The Morgan fingerprint density at radius 1 is 1.10 bits per heavy atom. The summed E-state index contributed by atoms with van der Waals surface area (Å²) in [5, 5.41) is 8.81. The fraction of sp³-hybridized carbons (Fsp3) is 0.318. The largest absolute Gasteiger partial charge is 0.492 e. The normalized spacial score (nSPS) is 10.3. The van der Waals surface area contributed by atoms with E-state index in [0.29, 0.717) is 45.2 Å². The number of carbonyl (C=O) groups excluding carboxylic acids is 2. The average molecular weight is 527 g/mol. The molecule has 0 spiro atoms. The number of hydrogen-bond acceptors (Lipinski definition) is 4. The molecule has 0 radical (unpaired) electrons. The summed E-state index contributed by atoms with van der Waals surface area (Å²) < 4.78 is 6.37. The fourth-order valence-electron chi connectivity index (χ4n) is 2.56. The predicted molar refractivity (Wildman–Crippen MR) is 133 cm³/mol. The van der Waals surface area contributed by atoms with Gasteiger partial charge in [-0.3, -0.25) is 14.9 Å². The number of amides is 2. The van der Waals surface area contributed by atoms with Crippen LogP contribution in [-0.4, -0.2) is 23.5 Å². The summed E-state index contributed by atoms with van der Waals surface area (Å²) in [6.07, 6.45) is 3.18. The van der Waals surface area contributed by atoms with Crippen LogP contribution in [0.1, 0.15) is 49.9 Å². The molecular formula is C22H25BrClN3O3S. The van der Waals surface area contributed by atoms with Gasteiger partial charge in [0.15, 0.2) is 5.11 Å². The molecule has 166 valence electrons. The molecule has 0 aliphatic rings. The number of ether oxygens (including phenoxy) is 1. The Kier molecular flexibility index (Phi) is 10.2. The molecule has 0 aromatic heterocycles.